The van der Waals surface area contributed by atoms with E-state index in [4.69, 9.17) is 23.4 Å². The van der Waals surface area contributed by atoms with Crippen molar-refractivity contribution in [1.82, 2.24) is 4.90 Å². The van der Waals surface area contributed by atoms with Crippen molar-refractivity contribution in [2.45, 2.75) is 97.7 Å². The van der Waals surface area contributed by atoms with Crippen LogP contribution >= 0.6 is 15.9 Å². The predicted octanol–water partition coefficient (Wildman–Crippen LogP) is 8.23. The average Bonchev–Trinajstić information content (AvgIpc) is 3.54. The fraction of sp³-hybridized carbons (Fsp3) is 0.500. The van der Waals surface area contributed by atoms with Gasteiger partial charge in [-0.05, 0) is 72.2 Å². The third-order valence-electron chi connectivity index (χ3n) is 8.52. The van der Waals surface area contributed by atoms with Gasteiger partial charge in [-0.1, -0.05) is 81.4 Å². The number of ether oxygens (including phenoxy) is 4. The third-order valence-corrected chi connectivity index (χ3v) is 9.19. The highest BCUT2D eigenvalue weighted by Gasteiger charge is 2.54. The van der Waals surface area contributed by atoms with Crippen LogP contribution in [0.25, 0.3) is 0 Å². The first kappa shape index (κ1) is 37.4. The molecule has 1 aliphatic rings. The lowest BCUT2D eigenvalue weighted by atomic mass is 9.86. The maximum absolute atomic E-state index is 14.5. The molecule has 9 nitrogen and oxygen atoms in total. The maximum atomic E-state index is 14.5. The van der Waals surface area contributed by atoms with E-state index in [2.05, 4.69) is 22.9 Å². The van der Waals surface area contributed by atoms with Crippen LogP contribution in [0.2, 0.25) is 0 Å². The summed E-state index contributed by atoms with van der Waals surface area (Å²) in [5.41, 5.74) is 1.09. The topological polar surface area (TPSA) is 105 Å². The van der Waals surface area contributed by atoms with E-state index in [1.54, 1.807) is 19.9 Å². The van der Waals surface area contributed by atoms with Crippen LogP contribution in [0.4, 0.5) is 4.79 Å². The van der Waals surface area contributed by atoms with Crippen molar-refractivity contribution in [2.75, 3.05) is 13.2 Å². The lowest BCUT2D eigenvalue weighted by molar-refractivity contribution is -0.156. The molecule has 0 bridgehead atoms. The monoisotopic (exact) mass is 725 g/mol. The first-order valence-electron chi connectivity index (χ1n) is 16.7. The lowest BCUT2D eigenvalue weighted by Gasteiger charge is -2.34. The zero-order valence-corrected chi connectivity index (χ0v) is 30.4. The number of carbonyl (C=O) groups is 3. The van der Waals surface area contributed by atoms with Crippen LogP contribution < -0.4 is 0 Å². The standard InChI is InChI=1S/C38H48BrNO8/c1-7-29(45-23-28-17-12-9-13-18-28)24-44-20-14-19-32-31(39)22-33(47-32)34(46-26(4)41)30(21-27-15-10-8-11-16-27)36(42)40-35(25(2)3)38(5,6)48-37(40)43/h8-13,15-18,22,25,29-30,34-35H,7,14,19-21,23-24H2,1-6H3/t29-,30-,34-,35?/m0/s1. The van der Waals surface area contributed by atoms with E-state index in [9.17, 15) is 14.4 Å². The highest BCUT2D eigenvalue weighted by atomic mass is 79.9. The number of aryl methyl sites for hydroxylation is 1. The van der Waals surface area contributed by atoms with Gasteiger partial charge in [0.1, 0.15) is 17.1 Å². The first-order valence-corrected chi connectivity index (χ1v) is 17.5. The molecule has 260 valence electrons. The third kappa shape index (κ3) is 9.80. The predicted molar refractivity (Wildman–Crippen MR) is 185 cm³/mol. The van der Waals surface area contributed by atoms with Gasteiger partial charge in [0.15, 0.2) is 6.10 Å². The van der Waals surface area contributed by atoms with Crippen LogP contribution in [-0.4, -0.2) is 53.8 Å². The molecule has 1 unspecified atom stereocenters. The van der Waals surface area contributed by atoms with Crippen LogP contribution in [0.15, 0.2) is 75.6 Å². The van der Waals surface area contributed by atoms with Gasteiger partial charge in [-0.25, -0.2) is 9.69 Å². The summed E-state index contributed by atoms with van der Waals surface area (Å²) in [7, 11) is 0. The number of benzene rings is 2. The van der Waals surface area contributed by atoms with Crippen molar-refractivity contribution in [3.8, 4) is 0 Å². The summed E-state index contributed by atoms with van der Waals surface area (Å²) in [6, 6.07) is 20.7. The Balaban J connectivity index is 1.49. The smallest absolute Gasteiger partial charge is 0.417 e. The molecule has 2 aromatic carbocycles. The first-order chi connectivity index (χ1) is 22.9. The second kappa shape index (κ2) is 17.3. The van der Waals surface area contributed by atoms with Crippen molar-refractivity contribution in [3.05, 3.63) is 93.9 Å². The minimum Gasteiger partial charge on any atom is -0.461 e. The molecule has 0 saturated carbocycles. The number of rotatable bonds is 17. The Morgan fingerprint density at radius 1 is 1.02 bits per heavy atom. The molecule has 10 heteroatoms. The minimum absolute atomic E-state index is 0.00973. The molecule has 2 amide bonds. The van der Waals surface area contributed by atoms with Crippen molar-refractivity contribution in [1.29, 1.82) is 0 Å². The number of esters is 1. The van der Waals surface area contributed by atoms with Crippen LogP contribution in [0.1, 0.15) is 83.1 Å². The van der Waals surface area contributed by atoms with Crippen LogP contribution in [0.3, 0.4) is 0 Å². The fourth-order valence-electron chi connectivity index (χ4n) is 6.33. The molecule has 0 radical (unpaired) electrons. The van der Waals surface area contributed by atoms with Gasteiger partial charge in [-0.15, -0.1) is 0 Å². The largest absolute Gasteiger partial charge is 0.461 e. The number of amides is 2. The summed E-state index contributed by atoms with van der Waals surface area (Å²) >= 11 is 3.61. The van der Waals surface area contributed by atoms with Gasteiger partial charge in [0.2, 0.25) is 5.91 Å². The maximum Gasteiger partial charge on any atom is 0.417 e. The second-order valence-electron chi connectivity index (χ2n) is 13.1. The van der Waals surface area contributed by atoms with Gasteiger partial charge in [-0.3, -0.25) is 9.59 Å². The molecule has 1 saturated heterocycles. The van der Waals surface area contributed by atoms with E-state index in [0.717, 1.165) is 17.5 Å². The molecule has 4 rings (SSSR count). The van der Waals surface area contributed by atoms with Crippen LogP contribution in [-0.2, 0) is 48.0 Å². The number of hydrogen-bond acceptors (Lipinski definition) is 8. The van der Waals surface area contributed by atoms with Crippen LogP contribution in [0.5, 0.6) is 0 Å². The SMILES string of the molecule is CC[C@@H](COCCCc1oc([C@@H](OC(C)=O)[C@H](Cc2ccccc2)C(=O)N2C(=O)OC(C)(C)C2C(C)C)cc1Br)OCc1ccccc1. The Kier molecular flexibility index (Phi) is 13.4. The molecular formula is C38H48BrNO8. The number of furan rings is 1. The van der Waals surface area contributed by atoms with E-state index in [1.165, 1.54) is 11.8 Å². The fourth-order valence-corrected chi connectivity index (χ4v) is 6.84. The number of nitrogens with zero attached hydrogens (tertiary/aromatic N) is 1. The van der Waals surface area contributed by atoms with E-state index in [0.29, 0.717) is 48.7 Å². The molecule has 0 N–H and O–H groups in total. The Bertz CT molecular complexity index is 1490. The van der Waals surface area contributed by atoms with Crippen molar-refractivity contribution in [2.24, 2.45) is 11.8 Å². The summed E-state index contributed by atoms with van der Waals surface area (Å²) in [6.07, 6.45) is 0.465. The van der Waals surface area contributed by atoms with Crippen molar-refractivity contribution >= 4 is 33.9 Å². The normalized spacial score (nSPS) is 17.6. The molecule has 0 aliphatic carbocycles. The van der Waals surface area contributed by atoms with Gasteiger partial charge in [0.05, 0.1) is 35.8 Å². The zero-order valence-electron chi connectivity index (χ0n) is 28.8. The van der Waals surface area contributed by atoms with E-state index < -0.39 is 41.6 Å². The Morgan fingerprint density at radius 3 is 2.27 bits per heavy atom. The number of halogens is 1. The molecule has 3 aromatic rings. The van der Waals surface area contributed by atoms with Gasteiger partial charge in [0, 0.05) is 20.0 Å². The Morgan fingerprint density at radius 2 is 1.67 bits per heavy atom. The summed E-state index contributed by atoms with van der Waals surface area (Å²) in [5, 5.41) is 0. The highest BCUT2D eigenvalue weighted by Crippen LogP contribution is 2.40. The molecule has 2 heterocycles. The molecule has 0 spiro atoms. The molecular weight excluding hydrogens is 678 g/mol. The lowest BCUT2D eigenvalue weighted by Crippen LogP contribution is -2.51. The summed E-state index contributed by atoms with van der Waals surface area (Å²) < 4.78 is 30.5. The van der Waals surface area contributed by atoms with Crippen LogP contribution in [0, 0.1) is 11.8 Å². The molecule has 1 aliphatic heterocycles. The van der Waals surface area contributed by atoms with E-state index in [1.807, 2.05) is 74.5 Å². The zero-order chi connectivity index (χ0) is 34.8. The van der Waals surface area contributed by atoms with E-state index >= 15 is 0 Å². The van der Waals surface area contributed by atoms with Crippen molar-refractivity contribution < 1.29 is 37.7 Å². The summed E-state index contributed by atoms with van der Waals surface area (Å²) in [6.45, 7) is 12.4. The quantitative estimate of drug-likeness (QED) is 0.101. The Hall–Kier alpha value is -3.47. The average molecular weight is 727 g/mol. The molecule has 4 atom stereocenters. The van der Waals surface area contributed by atoms with Gasteiger partial charge < -0.3 is 23.4 Å². The van der Waals surface area contributed by atoms with Gasteiger partial charge in [0.25, 0.3) is 0 Å². The number of cyclic esters (lactones) is 1. The van der Waals surface area contributed by atoms with Gasteiger partial charge >= 0.3 is 12.1 Å². The number of imide groups is 1. The van der Waals surface area contributed by atoms with Crippen molar-refractivity contribution in [3.63, 3.8) is 0 Å². The highest BCUT2D eigenvalue weighted by molar-refractivity contribution is 9.10. The Labute approximate surface area is 292 Å². The summed E-state index contributed by atoms with van der Waals surface area (Å²) in [4.78, 5) is 41.4. The van der Waals surface area contributed by atoms with Gasteiger partial charge in [-0.2, -0.15) is 0 Å². The molecule has 1 fully saturated rings. The second-order valence-corrected chi connectivity index (χ2v) is 14.0. The molecule has 1 aromatic heterocycles. The number of carbonyl (C=O) groups excluding carboxylic acids is 3. The number of hydrogen-bond donors (Lipinski definition) is 0. The van der Waals surface area contributed by atoms with E-state index in [-0.39, 0.29) is 18.4 Å². The molecule has 48 heavy (non-hydrogen) atoms. The minimum atomic E-state index is -1.09. The summed E-state index contributed by atoms with van der Waals surface area (Å²) in [5.74, 6) is -1.13.